The molecule has 0 unspecified atom stereocenters. The number of nitrogens with one attached hydrogen (secondary N) is 2. The monoisotopic (exact) mass is 333 g/mol. The summed E-state index contributed by atoms with van der Waals surface area (Å²) in [5.41, 5.74) is 2.91. The molecule has 1 aliphatic rings. The van der Waals surface area contributed by atoms with Gasteiger partial charge in [-0.05, 0) is 62.6 Å². The number of nitrogens with zero attached hydrogens (tertiary/aromatic N) is 1. The number of rotatable bonds is 4. The third-order valence-electron chi connectivity index (χ3n) is 4.52. The topological polar surface area (TPSA) is 82.0 Å². The molecule has 0 bridgehead atoms. The van der Waals surface area contributed by atoms with E-state index in [2.05, 4.69) is 10.6 Å². The van der Waals surface area contributed by atoms with Crippen LogP contribution < -0.4 is 10.6 Å². The first-order valence-corrected chi connectivity index (χ1v) is 8.15. The number of carbonyl (C=O) groups is 2. The van der Waals surface area contributed by atoms with E-state index in [4.69, 9.17) is 5.26 Å². The van der Waals surface area contributed by atoms with Gasteiger partial charge in [-0.2, -0.15) is 5.26 Å². The predicted molar refractivity (Wildman–Crippen MR) is 96.0 cm³/mol. The number of amides is 2. The SMILES string of the molecule is Cc1ccc(NC(=O)C2(C(=O)Nc3ccc(C#N)cc3)CC2)c(C)c1. The molecule has 0 heterocycles. The molecule has 2 aromatic rings. The zero-order chi connectivity index (χ0) is 18.0. The Morgan fingerprint density at radius 3 is 2.20 bits per heavy atom. The third kappa shape index (κ3) is 3.38. The lowest BCUT2D eigenvalue weighted by atomic mass is 10.0. The van der Waals surface area contributed by atoms with Crippen molar-refractivity contribution < 1.29 is 9.59 Å². The fourth-order valence-corrected chi connectivity index (χ4v) is 2.76. The summed E-state index contributed by atoms with van der Waals surface area (Å²) < 4.78 is 0. The lowest BCUT2D eigenvalue weighted by molar-refractivity contribution is -0.131. The minimum atomic E-state index is -1.01. The van der Waals surface area contributed by atoms with Gasteiger partial charge in [-0.15, -0.1) is 0 Å². The van der Waals surface area contributed by atoms with Crippen molar-refractivity contribution >= 4 is 23.2 Å². The molecule has 0 saturated heterocycles. The molecular formula is C20H19N3O2. The van der Waals surface area contributed by atoms with Crippen LogP contribution in [0.5, 0.6) is 0 Å². The number of hydrogen-bond acceptors (Lipinski definition) is 3. The van der Waals surface area contributed by atoms with Gasteiger partial charge in [0.2, 0.25) is 11.8 Å². The third-order valence-corrected chi connectivity index (χ3v) is 4.52. The van der Waals surface area contributed by atoms with Crippen LogP contribution in [0, 0.1) is 30.6 Å². The molecular weight excluding hydrogens is 314 g/mol. The van der Waals surface area contributed by atoms with Crippen molar-refractivity contribution in [1.82, 2.24) is 0 Å². The second kappa shape index (κ2) is 6.40. The van der Waals surface area contributed by atoms with E-state index in [1.807, 2.05) is 38.1 Å². The van der Waals surface area contributed by atoms with Crippen molar-refractivity contribution in [3.05, 3.63) is 59.2 Å². The molecule has 0 atom stereocenters. The van der Waals surface area contributed by atoms with Crippen LogP contribution in [-0.2, 0) is 9.59 Å². The van der Waals surface area contributed by atoms with E-state index in [0.717, 1.165) is 16.8 Å². The Bertz CT molecular complexity index is 875. The number of benzene rings is 2. The van der Waals surface area contributed by atoms with Crippen LogP contribution in [0.1, 0.15) is 29.5 Å². The molecule has 1 aliphatic carbocycles. The van der Waals surface area contributed by atoms with Crippen molar-refractivity contribution in [3.63, 3.8) is 0 Å². The second-order valence-corrected chi connectivity index (χ2v) is 6.50. The Balaban J connectivity index is 1.71. The second-order valence-electron chi connectivity index (χ2n) is 6.50. The van der Waals surface area contributed by atoms with Crippen LogP contribution in [0.2, 0.25) is 0 Å². The van der Waals surface area contributed by atoms with Gasteiger partial charge >= 0.3 is 0 Å². The van der Waals surface area contributed by atoms with Gasteiger partial charge in [0.05, 0.1) is 11.6 Å². The molecule has 0 spiro atoms. The summed E-state index contributed by atoms with van der Waals surface area (Å²) in [7, 11) is 0. The molecule has 2 amide bonds. The van der Waals surface area contributed by atoms with E-state index in [1.165, 1.54) is 0 Å². The van der Waals surface area contributed by atoms with E-state index >= 15 is 0 Å². The Labute approximate surface area is 146 Å². The smallest absolute Gasteiger partial charge is 0.240 e. The summed E-state index contributed by atoms with van der Waals surface area (Å²) in [6.45, 7) is 3.92. The highest BCUT2D eigenvalue weighted by Gasteiger charge is 2.56. The van der Waals surface area contributed by atoms with Gasteiger partial charge in [0.15, 0.2) is 0 Å². The van der Waals surface area contributed by atoms with Crippen LogP contribution in [0.15, 0.2) is 42.5 Å². The average Bonchev–Trinajstić information content (AvgIpc) is 3.40. The molecule has 3 rings (SSSR count). The molecule has 126 valence electrons. The molecule has 25 heavy (non-hydrogen) atoms. The summed E-state index contributed by atoms with van der Waals surface area (Å²) >= 11 is 0. The van der Waals surface area contributed by atoms with E-state index in [9.17, 15) is 9.59 Å². The van der Waals surface area contributed by atoms with Gasteiger partial charge in [-0.1, -0.05) is 17.7 Å². The highest BCUT2D eigenvalue weighted by atomic mass is 16.2. The van der Waals surface area contributed by atoms with E-state index in [1.54, 1.807) is 24.3 Å². The number of nitriles is 1. The lowest BCUT2D eigenvalue weighted by Gasteiger charge is -2.16. The van der Waals surface area contributed by atoms with E-state index in [0.29, 0.717) is 24.1 Å². The zero-order valence-corrected chi connectivity index (χ0v) is 14.2. The maximum absolute atomic E-state index is 12.7. The van der Waals surface area contributed by atoms with Crippen molar-refractivity contribution in [2.45, 2.75) is 26.7 Å². The quantitative estimate of drug-likeness (QED) is 0.840. The van der Waals surface area contributed by atoms with Gasteiger partial charge in [-0.3, -0.25) is 9.59 Å². The Hall–Kier alpha value is -3.13. The van der Waals surface area contributed by atoms with Crippen molar-refractivity contribution in [2.75, 3.05) is 10.6 Å². The zero-order valence-electron chi connectivity index (χ0n) is 14.2. The maximum Gasteiger partial charge on any atom is 0.240 e. The summed E-state index contributed by atoms with van der Waals surface area (Å²) in [5, 5.41) is 14.5. The summed E-state index contributed by atoms with van der Waals surface area (Å²) in [4.78, 5) is 25.2. The Kier molecular flexibility index (Phi) is 4.28. The highest BCUT2D eigenvalue weighted by molar-refractivity contribution is 6.17. The molecule has 0 aliphatic heterocycles. The predicted octanol–water partition coefficient (Wildman–Crippen LogP) is 3.53. The normalized spacial score (nSPS) is 14.3. The van der Waals surface area contributed by atoms with Gasteiger partial charge in [0.1, 0.15) is 5.41 Å². The van der Waals surface area contributed by atoms with Crippen molar-refractivity contribution in [2.24, 2.45) is 5.41 Å². The first-order chi connectivity index (χ1) is 11.9. The number of hydrogen-bond donors (Lipinski definition) is 2. The lowest BCUT2D eigenvalue weighted by Crippen LogP contribution is -2.35. The average molecular weight is 333 g/mol. The Morgan fingerprint density at radius 2 is 1.64 bits per heavy atom. The highest BCUT2D eigenvalue weighted by Crippen LogP contribution is 2.47. The Morgan fingerprint density at radius 1 is 1.00 bits per heavy atom. The van der Waals surface area contributed by atoms with Gasteiger partial charge in [0, 0.05) is 11.4 Å². The van der Waals surface area contributed by atoms with Crippen LogP contribution in [-0.4, -0.2) is 11.8 Å². The van der Waals surface area contributed by atoms with Crippen LogP contribution >= 0.6 is 0 Å². The fraction of sp³-hybridized carbons (Fsp3) is 0.250. The van der Waals surface area contributed by atoms with Crippen molar-refractivity contribution in [3.8, 4) is 6.07 Å². The molecule has 5 heteroatoms. The van der Waals surface area contributed by atoms with Crippen LogP contribution in [0.3, 0.4) is 0 Å². The molecule has 2 aromatic carbocycles. The number of anilines is 2. The largest absolute Gasteiger partial charge is 0.325 e. The molecule has 0 aromatic heterocycles. The van der Waals surface area contributed by atoms with Crippen molar-refractivity contribution in [1.29, 1.82) is 5.26 Å². The minimum absolute atomic E-state index is 0.273. The summed E-state index contributed by atoms with van der Waals surface area (Å²) in [5.74, 6) is -0.579. The van der Waals surface area contributed by atoms with Gasteiger partial charge in [0.25, 0.3) is 0 Å². The molecule has 1 fully saturated rings. The fourth-order valence-electron chi connectivity index (χ4n) is 2.76. The molecule has 1 saturated carbocycles. The molecule has 2 N–H and O–H groups in total. The number of carbonyl (C=O) groups excluding carboxylic acids is 2. The van der Waals surface area contributed by atoms with Gasteiger partial charge in [-0.25, -0.2) is 0 Å². The first-order valence-electron chi connectivity index (χ1n) is 8.15. The van der Waals surface area contributed by atoms with Crippen LogP contribution in [0.25, 0.3) is 0 Å². The number of aryl methyl sites for hydroxylation is 2. The first kappa shape index (κ1) is 16.7. The maximum atomic E-state index is 12.7. The summed E-state index contributed by atoms with van der Waals surface area (Å²) in [6.07, 6.45) is 1.07. The van der Waals surface area contributed by atoms with E-state index in [-0.39, 0.29) is 11.8 Å². The summed E-state index contributed by atoms with van der Waals surface area (Å²) in [6, 6.07) is 14.4. The standard InChI is InChI=1S/C20H19N3O2/c1-13-3-8-17(14(2)11-13)23-19(25)20(9-10-20)18(24)22-16-6-4-15(12-21)5-7-16/h3-8,11H,9-10H2,1-2H3,(H,22,24)(H,23,25). The van der Waals surface area contributed by atoms with Crippen LogP contribution in [0.4, 0.5) is 11.4 Å². The molecule has 5 nitrogen and oxygen atoms in total. The minimum Gasteiger partial charge on any atom is -0.325 e. The van der Waals surface area contributed by atoms with Gasteiger partial charge < -0.3 is 10.6 Å². The molecule has 0 radical (unpaired) electrons. The van der Waals surface area contributed by atoms with E-state index < -0.39 is 5.41 Å².